The van der Waals surface area contributed by atoms with Gasteiger partial charge in [-0.1, -0.05) is 0 Å². The van der Waals surface area contributed by atoms with Crippen LogP contribution in [-0.2, 0) is 15.5 Å². The average Bonchev–Trinajstić information content (AvgIpc) is 2.16. The smallest absolute Gasteiger partial charge is 0.232 e. The van der Waals surface area contributed by atoms with Gasteiger partial charge < -0.3 is 4.74 Å². The molecule has 0 atom stereocenters. The predicted molar refractivity (Wildman–Crippen MR) is 56.3 cm³/mol. The zero-order chi connectivity index (χ0) is 12.3. The van der Waals surface area contributed by atoms with Gasteiger partial charge in [-0.2, -0.15) is 0 Å². The van der Waals surface area contributed by atoms with Crippen LogP contribution in [-0.4, -0.2) is 21.3 Å². The molecular weight excluding hydrogens is 262 g/mol. The molecule has 90 valence electrons. The largest absolute Gasteiger partial charge is 0.494 e. The van der Waals surface area contributed by atoms with Gasteiger partial charge in [0.1, 0.15) is 5.82 Å². The molecule has 0 N–H and O–H groups in total. The second-order valence-corrected chi connectivity index (χ2v) is 5.93. The van der Waals surface area contributed by atoms with E-state index >= 15 is 0 Å². The third-order valence-electron chi connectivity index (χ3n) is 1.97. The molecule has 0 saturated heterocycles. The molecule has 0 radical (unpaired) electrons. The molecule has 0 aromatic heterocycles. The van der Waals surface area contributed by atoms with E-state index in [0.29, 0.717) is 0 Å². The standard InChI is InChI=1S/C9H9ClF2O3S/c1-15-8-3-2-7(11)6(9(8)12)4-5-16(10,13)14/h2-3H,4-5H2,1H3. The van der Waals surface area contributed by atoms with Gasteiger partial charge in [-0.15, -0.1) is 0 Å². The normalized spacial score (nSPS) is 11.5. The van der Waals surface area contributed by atoms with E-state index in [4.69, 9.17) is 10.7 Å². The Hall–Kier alpha value is -0.880. The van der Waals surface area contributed by atoms with Crippen molar-refractivity contribution >= 4 is 19.7 Å². The Bertz CT molecular complexity index is 488. The summed E-state index contributed by atoms with van der Waals surface area (Å²) in [5, 5.41) is 0. The highest BCUT2D eigenvalue weighted by Crippen LogP contribution is 2.23. The first-order chi connectivity index (χ1) is 7.35. The van der Waals surface area contributed by atoms with Gasteiger partial charge >= 0.3 is 0 Å². The molecule has 0 saturated carbocycles. The van der Waals surface area contributed by atoms with Crippen LogP contribution in [0.1, 0.15) is 5.56 Å². The Morgan fingerprint density at radius 1 is 1.38 bits per heavy atom. The van der Waals surface area contributed by atoms with Gasteiger partial charge in [0.2, 0.25) is 9.05 Å². The summed E-state index contributed by atoms with van der Waals surface area (Å²) in [5.41, 5.74) is -0.344. The van der Waals surface area contributed by atoms with Crippen LogP contribution in [0.3, 0.4) is 0 Å². The lowest BCUT2D eigenvalue weighted by atomic mass is 10.1. The minimum atomic E-state index is -3.78. The molecule has 7 heteroatoms. The van der Waals surface area contributed by atoms with Crippen molar-refractivity contribution < 1.29 is 21.9 Å². The van der Waals surface area contributed by atoms with E-state index in [1.54, 1.807) is 0 Å². The summed E-state index contributed by atoms with van der Waals surface area (Å²) in [7, 11) is 2.41. The van der Waals surface area contributed by atoms with Crippen LogP contribution >= 0.6 is 10.7 Å². The van der Waals surface area contributed by atoms with E-state index in [0.717, 1.165) is 12.1 Å². The molecule has 0 spiro atoms. The molecule has 0 bridgehead atoms. The Morgan fingerprint density at radius 3 is 2.50 bits per heavy atom. The lowest BCUT2D eigenvalue weighted by Gasteiger charge is -2.07. The predicted octanol–water partition coefficient (Wildman–Crippen LogP) is 2.08. The minimum Gasteiger partial charge on any atom is -0.494 e. The van der Waals surface area contributed by atoms with Gasteiger partial charge in [0.25, 0.3) is 0 Å². The van der Waals surface area contributed by atoms with Crippen molar-refractivity contribution in [2.75, 3.05) is 12.9 Å². The number of hydrogen-bond donors (Lipinski definition) is 0. The van der Waals surface area contributed by atoms with Gasteiger partial charge in [0.05, 0.1) is 12.9 Å². The fourth-order valence-electron chi connectivity index (χ4n) is 1.19. The van der Waals surface area contributed by atoms with Gasteiger partial charge in [-0.3, -0.25) is 0 Å². The SMILES string of the molecule is COc1ccc(F)c(CCS(=O)(=O)Cl)c1F. The Morgan fingerprint density at radius 2 is 2.00 bits per heavy atom. The summed E-state index contributed by atoms with van der Waals surface area (Å²) in [6, 6.07) is 2.14. The second-order valence-electron chi connectivity index (χ2n) is 3.04. The van der Waals surface area contributed by atoms with E-state index in [-0.39, 0.29) is 17.7 Å². The highest BCUT2D eigenvalue weighted by Gasteiger charge is 2.16. The minimum absolute atomic E-state index is 0.136. The molecule has 0 heterocycles. The lowest BCUT2D eigenvalue weighted by Crippen LogP contribution is -2.06. The number of methoxy groups -OCH3 is 1. The Balaban J connectivity index is 3.03. The number of ether oxygens (including phenoxy) is 1. The van der Waals surface area contributed by atoms with Crippen LogP contribution in [0.25, 0.3) is 0 Å². The van der Waals surface area contributed by atoms with Crippen molar-refractivity contribution in [2.45, 2.75) is 6.42 Å². The zero-order valence-electron chi connectivity index (χ0n) is 8.34. The molecule has 1 aromatic carbocycles. The first-order valence-corrected chi connectivity index (χ1v) is 6.76. The molecule has 0 aliphatic heterocycles. The van der Waals surface area contributed by atoms with E-state index in [9.17, 15) is 17.2 Å². The first-order valence-electron chi connectivity index (χ1n) is 4.28. The van der Waals surface area contributed by atoms with E-state index < -0.39 is 26.4 Å². The topological polar surface area (TPSA) is 43.4 Å². The third kappa shape index (κ3) is 3.31. The molecule has 0 amide bonds. The number of benzene rings is 1. The third-order valence-corrected chi connectivity index (χ3v) is 3.12. The van der Waals surface area contributed by atoms with Crippen molar-refractivity contribution in [3.05, 3.63) is 29.3 Å². The number of halogens is 3. The van der Waals surface area contributed by atoms with Crippen LogP contribution in [0.5, 0.6) is 5.75 Å². The highest BCUT2D eigenvalue weighted by atomic mass is 35.7. The number of hydrogen-bond acceptors (Lipinski definition) is 3. The van der Waals surface area contributed by atoms with Crippen molar-refractivity contribution in [1.29, 1.82) is 0 Å². The molecule has 0 aliphatic carbocycles. The number of rotatable bonds is 4. The fraction of sp³-hybridized carbons (Fsp3) is 0.333. The molecular formula is C9H9ClF2O3S. The van der Waals surface area contributed by atoms with E-state index in [1.165, 1.54) is 7.11 Å². The summed E-state index contributed by atoms with van der Waals surface area (Å²) < 4.78 is 52.7. The first kappa shape index (κ1) is 13.2. The van der Waals surface area contributed by atoms with Gasteiger partial charge in [0, 0.05) is 16.2 Å². The fourth-order valence-corrected chi connectivity index (χ4v) is 1.87. The molecule has 0 fully saturated rings. The summed E-state index contributed by atoms with van der Waals surface area (Å²) in [5.74, 6) is -2.39. The van der Waals surface area contributed by atoms with Crippen molar-refractivity contribution in [3.8, 4) is 5.75 Å². The Labute approximate surface area is 96.4 Å². The van der Waals surface area contributed by atoms with E-state index in [1.807, 2.05) is 0 Å². The van der Waals surface area contributed by atoms with Crippen LogP contribution in [0.2, 0.25) is 0 Å². The molecule has 3 nitrogen and oxygen atoms in total. The monoisotopic (exact) mass is 270 g/mol. The maximum Gasteiger partial charge on any atom is 0.232 e. The maximum atomic E-state index is 13.5. The van der Waals surface area contributed by atoms with Gasteiger partial charge in [-0.25, -0.2) is 17.2 Å². The molecule has 16 heavy (non-hydrogen) atoms. The molecule has 0 aliphatic rings. The summed E-state index contributed by atoms with van der Waals surface area (Å²) in [6.45, 7) is 0. The summed E-state index contributed by atoms with van der Waals surface area (Å²) in [4.78, 5) is 0. The summed E-state index contributed by atoms with van der Waals surface area (Å²) in [6.07, 6.45) is -0.333. The average molecular weight is 271 g/mol. The lowest BCUT2D eigenvalue weighted by molar-refractivity contribution is 0.381. The molecule has 1 rings (SSSR count). The Kier molecular flexibility index (Phi) is 4.09. The zero-order valence-corrected chi connectivity index (χ0v) is 9.91. The van der Waals surface area contributed by atoms with Crippen LogP contribution in [0, 0.1) is 11.6 Å². The van der Waals surface area contributed by atoms with Crippen molar-refractivity contribution in [3.63, 3.8) is 0 Å². The van der Waals surface area contributed by atoms with Crippen molar-refractivity contribution in [2.24, 2.45) is 0 Å². The molecule has 1 aromatic rings. The van der Waals surface area contributed by atoms with Crippen LogP contribution < -0.4 is 4.74 Å². The highest BCUT2D eigenvalue weighted by molar-refractivity contribution is 8.13. The quantitative estimate of drug-likeness (QED) is 0.787. The van der Waals surface area contributed by atoms with Crippen LogP contribution in [0.4, 0.5) is 8.78 Å². The maximum absolute atomic E-state index is 13.5. The summed E-state index contributed by atoms with van der Waals surface area (Å²) >= 11 is 0. The van der Waals surface area contributed by atoms with E-state index in [2.05, 4.69) is 4.74 Å². The second kappa shape index (κ2) is 4.97. The van der Waals surface area contributed by atoms with Crippen molar-refractivity contribution in [1.82, 2.24) is 0 Å². The van der Waals surface area contributed by atoms with Crippen LogP contribution in [0.15, 0.2) is 12.1 Å². The van der Waals surface area contributed by atoms with Gasteiger partial charge in [0.15, 0.2) is 11.6 Å². The van der Waals surface area contributed by atoms with Gasteiger partial charge in [-0.05, 0) is 18.6 Å². The molecule has 0 unspecified atom stereocenters.